The van der Waals surface area contributed by atoms with Crippen molar-refractivity contribution in [2.45, 2.75) is 63.8 Å². The van der Waals surface area contributed by atoms with Gasteiger partial charge >= 0.3 is 0 Å². The first kappa shape index (κ1) is 25.9. The molecule has 1 amide bonds. The predicted molar refractivity (Wildman–Crippen MR) is 156 cm³/mol. The molecule has 1 unspecified atom stereocenters. The molecule has 4 aromatic rings. The molecule has 0 aliphatic carbocycles. The summed E-state index contributed by atoms with van der Waals surface area (Å²) in [5.41, 5.74) is 4.18. The summed E-state index contributed by atoms with van der Waals surface area (Å²) < 4.78 is 6.38. The lowest BCUT2D eigenvalue weighted by Crippen LogP contribution is -2.43. The molecular formula is C32H35ClN4O2. The van der Waals surface area contributed by atoms with Gasteiger partial charge in [0.05, 0.1) is 17.3 Å². The second-order valence-corrected chi connectivity index (χ2v) is 11.7. The summed E-state index contributed by atoms with van der Waals surface area (Å²) in [7, 11) is 2.25. The molecule has 2 aliphatic heterocycles. The third-order valence-electron chi connectivity index (χ3n) is 8.50. The van der Waals surface area contributed by atoms with Crippen LogP contribution in [0.15, 0.2) is 66.7 Å². The van der Waals surface area contributed by atoms with Crippen LogP contribution in [-0.4, -0.2) is 46.2 Å². The second-order valence-electron chi connectivity index (χ2n) is 11.3. The SMILES string of the molecule is CC(C)[C@@H](NC(=O)c1ccc2[nH]nc(-c3ccc(OC4C[C@H]5CC[C@@H](C4)N5C)cc3)c2c1)c1ccccc1Cl. The van der Waals surface area contributed by atoms with Gasteiger partial charge in [0.25, 0.3) is 5.91 Å². The van der Waals surface area contributed by atoms with Gasteiger partial charge in [-0.15, -0.1) is 0 Å². The van der Waals surface area contributed by atoms with Crippen LogP contribution in [0.4, 0.5) is 0 Å². The normalized spacial score (nSPS) is 21.8. The molecule has 0 radical (unpaired) electrons. The van der Waals surface area contributed by atoms with Crippen molar-refractivity contribution in [1.29, 1.82) is 0 Å². The number of halogens is 1. The number of piperidine rings is 1. The zero-order valence-corrected chi connectivity index (χ0v) is 23.4. The number of fused-ring (bicyclic) bond motifs is 3. The van der Waals surface area contributed by atoms with Crippen LogP contribution < -0.4 is 10.1 Å². The van der Waals surface area contributed by atoms with Crippen LogP contribution in [0, 0.1) is 5.92 Å². The summed E-state index contributed by atoms with van der Waals surface area (Å²) in [4.78, 5) is 15.9. The van der Waals surface area contributed by atoms with E-state index in [2.05, 4.69) is 41.3 Å². The lowest BCUT2D eigenvalue weighted by atomic mass is 9.95. The van der Waals surface area contributed by atoms with E-state index in [1.807, 2.05) is 66.7 Å². The van der Waals surface area contributed by atoms with Crippen molar-refractivity contribution in [3.63, 3.8) is 0 Å². The number of rotatable bonds is 7. The van der Waals surface area contributed by atoms with Crippen LogP contribution in [0.2, 0.25) is 5.02 Å². The number of ether oxygens (including phenoxy) is 1. The van der Waals surface area contributed by atoms with Crippen LogP contribution in [0.3, 0.4) is 0 Å². The summed E-state index contributed by atoms with van der Waals surface area (Å²) in [6, 6.07) is 22.6. The van der Waals surface area contributed by atoms with Gasteiger partial charge in [0, 0.05) is 33.6 Å². The lowest BCUT2D eigenvalue weighted by molar-refractivity contribution is 0.0662. The van der Waals surface area contributed by atoms with Crippen molar-refractivity contribution in [3.8, 4) is 17.0 Å². The Labute approximate surface area is 234 Å². The highest BCUT2D eigenvalue weighted by Crippen LogP contribution is 2.36. The first-order valence-electron chi connectivity index (χ1n) is 13.9. The summed E-state index contributed by atoms with van der Waals surface area (Å²) in [6.07, 6.45) is 5.03. The summed E-state index contributed by atoms with van der Waals surface area (Å²) >= 11 is 6.46. The molecule has 2 fully saturated rings. The number of nitrogens with zero attached hydrogens (tertiary/aromatic N) is 2. The Bertz CT molecular complexity index is 1470. The van der Waals surface area contributed by atoms with E-state index in [9.17, 15) is 4.79 Å². The number of hydrogen-bond donors (Lipinski definition) is 2. The Kier molecular flexibility index (Phi) is 7.08. The minimum Gasteiger partial charge on any atom is -0.490 e. The average Bonchev–Trinajstić information content (AvgIpc) is 3.43. The Morgan fingerprint density at radius 1 is 1.05 bits per heavy atom. The van der Waals surface area contributed by atoms with Crippen molar-refractivity contribution in [1.82, 2.24) is 20.4 Å². The van der Waals surface area contributed by atoms with Crippen LogP contribution in [0.5, 0.6) is 5.75 Å². The minimum absolute atomic E-state index is 0.140. The number of aromatic nitrogens is 2. The highest BCUT2D eigenvalue weighted by atomic mass is 35.5. The van der Waals surface area contributed by atoms with Gasteiger partial charge in [-0.25, -0.2) is 0 Å². The molecule has 1 aromatic heterocycles. The van der Waals surface area contributed by atoms with E-state index >= 15 is 0 Å². The van der Waals surface area contributed by atoms with Gasteiger partial charge in [-0.1, -0.05) is 43.6 Å². The molecule has 2 aliphatic rings. The molecular weight excluding hydrogens is 508 g/mol. The van der Waals surface area contributed by atoms with E-state index in [4.69, 9.17) is 16.3 Å². The van der Waals surface area contributed by atoms with Gasteiger partial charge in [-0.05, 0) is 92.7 Å². The maximum Gasteiger partial charge on any atom is 0.251 e. The first-order chi connectivity index (χ1) is 18.9. The number of carbonyl (C=O) groups is 1. The lowest BCUT2D eigenvalue weighted by Gasteiger charge is -2.36. The molecule has 2 saturated heterocycles. The largest absolute Gasteiger partial charge is 0.490 e. The van der Waals surface area contributed by atoms with Crippen molar-refractivity contribution >= 4 is 28.4 Å². The number of nitrogens with one attached hydrogen (secondary N) is 2. The molecule has 3 heterocycles. The number of H-pyrrole nitrogens is 1. The fourth-order valence-electron chi connectivity index (χ4n) is 6.27. The molecule has 3 aromatic carbocycles. The first-order valence-corrected chi connectivity index (χ1v) is 14.3. The Hall–Kier alpha value is -3.35. The maximum atomic E-state index is 13.4. The molecule has 6 nitrogen and oxygen atoms in total. The van der Waals surface area contributed by atoms with Crippen LogP contribution >= 0.6 is 11.6 Å². The van der Waals surface area contributed by atoms with Gasteiger partial charge in [-0.2, -0.15) is 5.10 Å². The summed E-state index contributed by atoms with van der Waals surface area (Å²) in [5, 5.41) is 12.4. The smallest absolute Gasteiger partial charge is 0.251 e. The zero-order chi connectivity index (χ0) is 27.1. The topological polar surface area (TPSA) is 70.2 Å². The van der Waals surface area contributed by atoms with Gasteiger partial charge < -0.3 is 15.0 Å². The number of amides is 1. The third-order valence-corrected chi connectivity index (χ3v) is 8.85. The van der Waals surface area contributed by atoms with Crippen LogP contribution in [0.25, 0.3) is 22.2 Å². The van der Waals surface area contributed by atoms with E-state index in [1.165, 1.54) is 12.8 Å². The molecule has 0 saturated carbocycles. The molecule has 4 atom stereocenters. The molecule has 6 rings (SSSR count). The standard InChI is InChI=1S/C32H35ClN4O2/c1-19(2)30(26-6-4-5-7-28(26)33)34-32(38)21-10-15-29-27(16-21)31(36-35-29)20-8-13-24(14-9-20)39-25-17-22-11-12-23(18-25)37(22)3/h4-10,13-16,19,22-23,25,30H,11-12,17-18H2,1-3H3,(H,34,38)(H,35,36)/t22-,23+,25?,30-/m1/s1. The fourth-order valence-corrected chi connectivity index (χ4v) is 6.53. The van der Waals surface area contributed by atoms with Crippen molar-refractivity contribution in [3.05, 3.63) is 82.9 Å². The fraction of sp³-hybridized carbons (Fsp3) is 0.375. The van der Waals surface area contributed by atoms with Crippen LogP contribution in [0.1, 0.15) is 61.5 Å². The van der Waals surface area contributed by atoms with Crippen molar-refractivity contribution < 1.29 is 9.53 Å². The Balaban J connectivity index is 1.20. The van der Waals surface area contributed by atoms with E-state index in [0.717, 1.165) is 46.3 Å². The number of hydrogen-bond acceptors (Lipinski definition) is 4. The van der Waals surface area contributed by atoms with E-state index in [-0.39, 0.29) is 24.0 Å². The minimum atomic E-state index is -0.196. The van der Waals surface area contributed by atoms with Gasteiger partial charge in [0.1, 0.15) is 11.9 Å². The quantitative estimate of drug-likeness (QED) is 0.263. The molecule has 202 valence electrons. The molecule has 0 spiro atoms. The summed E-state index contributed by atoms with van der Waals surface area (Å²) in [5.74, 6) is 0.929. The van der Waals surface area contributed by atoms with Crippen LogP contribution in [-0.2, 0) is 0 Å². The number of benzene rings is 3. The highest BCUT2D eigenvalue weighted by Gasteiger charge is 2.39. The van der Waals surface area contributed by atoms with Gasteiger partial charge in [0.15, 0.2) is 0 Å². The second kappa shape index (κ2) is 10.7. The molecule has 2 bridgehead atoms. The van der Waals surface area contributed by atoms with Crippen molar-refractivity contribution in [2.24, 2.45) is 5.92 Å². The predicted octanol–water partition coefficient (Wildman–Crippen LogP) is 7.01. The van der Waals surface area contributed by atoms with E-state index < -0.39 is 0 Å². The Morgan fingerprint density at radius 2 is 1.77 bits per heavy atom. The average molecular weight is 543 g/mol. The highest BCUT2D eigenvalue weighted by molar-refractivity contribution is 6.31. The van der Waals surface area contributed by atoms with E-state index in [0.29, 0.717) is 22.7 Å². The summed E-state index contributed by atoms with van der Waals surface area (Å²) in [6.45, 7) is 4.16. The molecule has 7 heteroatoms. The van der Waals surface area contributed by atoms with Crippen molar-refractivity contribution in [2.75, 3.05) is 7.05 Å². The zero-order valence-electron chi connectivity index (χ0n) is 22.7. The molecule has 2 N–H and O–H groups in total. The van der Waals surface area contributed by atoms with Gasteiger partial charge in [-0.3, -0.25) is 9.89 Å². The third kappa shape index (κ3) is 5.15. The van der Waals surface area contributed by atoms with E-state index in [1.54, 1.807) is 0 Å². The molecule has 39 heavy (non-hydrogen) atoms. The number of carbonyl (C=O) groups excluding carboxylic acids is 1. The monoisotopic (exact) mass is 542 g/mol. The van der Waals surface area contributed by atoms with Gasteiger partial charge in [0.2, 0.25) is 0 Å². The number of aromatic amines is 1. The maximum absolute atomic E-state index is 13.4. The Morgan fingerprint density at radius 3 is 2.46 bits per heavy atom.